The lowest BCUT2D eigenvalue weighted by Gasteiger charge is -2.12. The maximum atomic E-state index is 13.0. The number of imide groups is 1. The number of aromatic nitrogens is 1. The molecule has 3 aromatic rings. The van der Waals surface area contributed by atoms with E-state index in [4.69, 9.17) is 14.2 Å². The molecule has 2 aliphatic heterocycles. The van der Waals surface area contributed by atoms with E-state index in [1.807, 2.05) is 36.6 Å². The molecule has 3 amide bonds. The van der Waals surface area contributed by atoms with E-state index in [1.54, 1.807) is 36.4 Å². The summed E-state index contributed by atoms with van der Waals surface area (Å²) in [6.45, 7) is 3.52. The fourth-order valence-electron chi connectivity index (χ4n) is 4.29. The number of hydrogen-bond acceptors (Lipinski definition) is 8. The van der Waals surface area contributed by atoms with Crippen molar-refractivity contribution < 1.29 is 33.4 Å². The van der Waals surface area contributed by atoms with Gasteiger partial charge in [-0.05, 0) is 79.7 Å². The minimum atomic E-state index is -0.534. The molecule has 2 aromatic carbocycles. The molecule has 1 aromatic heterocycles. The highest BCUT2D eigenvalue weighted by atomic mass is 32.2. The van der Waals surface area contributed by atoms with Crippen LogP contribution in [-0.2, 0) is 14.3 Å². The quantitative estimate of drug-likeness (QED) is 0.369. The summed E-state index contributed by atoms with van der Waals surface area (Å²) in [6, 6.07) is 13.8. The number of hydrogen-bond donors (Lipinski definition) is 1. The molecule has 0 unspecified atom stereocenters. The Balaban J connectivity index is 1.31. The molecule has 3 heterocycles. The number of esters is 1. The average molecular weight is 534 g/mol. The first-order chi connectivity index (χ1) is 18.2. The fraction of sp³-hybridized carbons (Fsp3) is 0.185. The summed E-state index contributed by atoms with van der Waals surface area (Å²) in [7, 11) is 1.33. The van der Waals surface area contributed by atoms with E-state index in [0.717, 1.165) is 39.3 Å². The number of carbonyl (C=O) groups excluding carboxylic acids is 4. The Hall–Kier alpha value is -4.51. The Labute approximate surface area is 222 Å². The molecule has 5 rings (SSSR count). The van der Waals surface area contributed by atoms with Crippen molar-refractivity contribution in [2.75, 3.05) is 25.8 Å². The van der Waals surface area contributed by atoms with Crippen molar-refractivity contribution in [2.45, 2.75) is 13.8 Å². The predicted octanol–water partition coefficient (Wildman–Crippen LogP) is 4.28. The zero-order valence-electron chi connectivity index (χ0n) is 20.8. The lowest BCUT2D eigenvalue weighted by Crippen LogP contribution is -2.36. The number of methoxy groups -OCH3 is 1. The summed E-state index contributed by atoms with van der Waals surface area (Å²) in [5.41, 5.74) is 4.25. The van der Waals surface area contributed by atoms with Crippen molar-refractivity contribution in [3.63, 3.8) is 0 Å². The van der Waals surface area contributed by atoms with Crippen LogP contribution in [0.5, 0.6) is 11.5 Å². The Bertz CT molecular complexity index is 1510. The van der Waals surface area contributed by atoms with Crippen LogP contribution in [0.2, 0.25) is 0 Å². The van der Waals surface area contributed by atoms with Crippen LogP contribution in [0.15, 0.2) is 53.4 Å². The van der Waals surface area contributed by atoms with Gasteiger partial charge in [0.1, 0.15) is 6.54 Å². The molecule has 0 atom stereocenters. The second-order valence-corrected chi connectivity index (χ2v) is 9.58. The number of nitrogens with zero attached hydrogens (tertiary/aromatic N) is 2. The van der Waals surface area contributed by atoms with Crippen LogP contribution in [0.25, 0.3) is 11.8 Å². The first-order valence-corrected chi connectivity index (χ1v) is 12.4. The highest BCUT2D eigenvalue weighted by molar-refractivity contribution is 8.18. The second kappa shape index (κ2) is 10.1. The SMILES string of the molecule is COC(=O)c1ccc(-n2c(C)cc(C=C3SC(=O)N(CC(=O)Nc4ccc5c(c4)OCO5)C3=O)c2C)cc1. The molecule has 1 N–H and O–H groups in total. The molecule has 2 aliphatic rings. The van der Waals surface area contributed by atoms with E-state index >= 15 is 0 Å². The standard InChI is InChI=1S/C27H23N3O7S/c1-15-10-18(16(2)30(15)20-7-4-17(5-8-20)26(33)35-3)11-23-25(32)29(27(34)38-23)13-24(31)28-19-6-9-21-22(12-19)37-14-36-21/h4-12H,13-14H2,1-3H3,(H,28,31). The molecule has 0 saturated carbocycles. The summed E-state index contributed by atoms with van der Waals surface area (Å²) in [6.07, 6.45) is 1.66. The number of nitrogens with one attached hydrogen (secondary N) is 1. The van der Waals surface area contributed by atoms with E-state index in [0.29, 0.717) is 22.7 Å². The maximum Gasteiger partial charge on any atom is 0.337 e. The van der Waals surface area contributed by atoms with Gasteiger partial charge >= 0.3 is 5.97 Å². The number of rotatable bonds is 6. The maximum absolute atomic E-state index is 13.0. The molecular formula is C27H23N3O7S. The van der Waals surface area contributed by atoms with Crippen molar-refractivity contribution in [1.82, 2.24) is 9.47 Å². The third kappa shape index (κ3) is 4.75. The number of thioether (sulfide) groups is 1. The monoisotopic (exact) mass is 533 g/mol. The summed E-state index contributed by atoms with van der Waals surface area (Å²) < 4.78 is 17.3. The number of fused-ring (bicyclic) bond motifs is 1. The normalized spacial score (nSPS) is 15.3. The molecule has 1 fully saturated rings. The number of carbonyl (C=O) groups is 4. The van der Waals surface area contributed by atoms with Gasteiger partial charge in [-0.3, -0.25) is 19.3 Å². The van der Waals surface area contributed by atoms with Gasteiger partial charge < -0.3 is 24.1 Å². The predicted molar refractivity (Wildman–Crippen MR) is 140 cm³/mol. The van der Waals surface area contributed by atoms with Crippen LogP contribution in [0.3, 0.4) is 0 Å². The van der Waals surface area contributed by atoms with Gasteiger partial charge in [0.05, 0.1) is 17.6 Å². The van der Waals surface area contributed by atoms with Crippen LogP contribution < -0.4 is 14.8 Å². The smallest absolute Gasteiger partial charge is 0.337 e. The molecule has 38 heavy (non-hydrogen) atoms. The van der Waals surface area contributed by atoms with E-state index in [2.05, 4.69) is 5.32 Å². The number of aryl methyl sites for hydroxylation is 1. The molecule has 1 saturated heterocycles. The number of amides is 3. The number of ether oxygens (including phenoxy) is 3. The zero-order valence-corrected chi connectivity index (χ0v) is 21.6. The van der Waals surface area contributed by atoms with E-state index in [-0.39, 0.29) is 11.7 Å². The molecule has 11 heteroatoms. The molecule has 0 spiro atoms. The minimum Gasteiger partial charge on any atom is -0.465 e. The van der Waals surface area contributed by atoms with Crippen molar-refractivity contribution in [3.05, 3.63) is 76.0 Å². The first kappa shape index (κ1) is 25.2. The summed E-state index contributed by atoms with van der Waals surface area (Å²) in [5.74, 6) is -0.377. The van der Waals surface area contributed by atoms with Crippen molar-refractivity contribution in [1.29, 1.82) is 0 Å². The highest BCUT2D eigenvalue weighted by Crippen LogP contribution is 2.35. The molecular weight excluding hydrogens is 510 g/mol. The Kier molecular flexibility index (Phi) is 6.68. The molecule has 194 valence electrons. The summed E-state index contributed by atoms with van der Waals surface area (Å²) >= 11 is 0.790. The molecule has 0 radical (unpaired) electrons. The summed E-state index contributed by atoms with van der Waals surface area (Å²) in [4.78, 5) is 51.1. The van der Waals surface area contributed by atoms with Gasteiger partial charge in [-0.1, -0.05) is 0 Å². The number of anilines is 1. The minimum absolute atomic E-state index is 0.111. The lowest BCUT2D eigenvalue weighted by atomic mass is 10.2. The third-order valence-corrected chi connectivity index (χ3v) is 7.04. The van der Waals surface area contributed by atoms with E-state index in [1.165, 1.54) is 7.11 Å². The Morgan fingerprint density at radius 1 is 1.05 bits per heavy atom. The number of benzene rings is 2. The van der Waals surface area contributed by atoms with Crippen LogP contribution in [-0.4, -0.2) is 52.9 Å². The van der Waals surface area contributed by atoms with Crippen molar-refractivity contribution in [2.24, 2.45) is 0 Å². The van der Waals surface area contributed by atoms with Gasteiger partial charge in [-0.15, -0.1) is 0 Å². The fourth-order valence-corrected chi connectivity index (χ4v) is 5.12. The van der Waals surface area contributed by atoms with Crippen LogP contribution in [0, 0.1) is 13.8 Å². The lowest BCUT2D eigenvalue weighted by molar-refractivity contribution is -0.127. The van der Waals surface area contributed by atoms with Crippen LogP contribution >= 0.6 is 11.8 Å². The van der Waals surface area contributed by atoms with Gasteiger partial charge in [0.25, 0.3) is 11.1 Å². The van der Waals surface area contributed by atoms with Crippen molar-refractivity contribution >= 4 is 46.5 Å². The summed E-state index contributed by atoms with van der Waals surface area (Å²) in [5, 5.41) is 2.16. The third-order valence-electron chi connectivity index (χ3n) is 6.14. The zero-order chi connectivity index (χ0) is 27.0. The topological polar surface area (TPSA) is 116 Å². The van der Waals surface area contributed by atoms with Crippen molar-refractivity contribution in [3.8, 4) is 17.2 Å². The Morgan fingerprint density at radius 2 is 1.79 bits per heavy atom. The largest absolute Gasteiger partial charge is 0.465 e. The van der Waals surface area contributed by atoms with Crippen LogP contribution in [0.4, 0.5) is 10.5 Å². The van der Waals surface area contributed by atoms with Gasteiger partial charge in [0.15, 0.2) is 11.5 Å². The van der Waals surface area contributed by atoms with Gasteiger partial charge in [-0.2, -0.15) is 0 Å². The van der Waals surface area contributed by atoms with Crippen LogP contribution in [0.1, 0.15) is 27.3 Å². The molecule has 10 nitrogen and oxygen atoms in total. The first-order valence-electron chi connectivity index (χ1n) is 11.6. The Morgan fingerprint density at radius 3 is 2.53 bits per heavy atom. The van der Waals surface area contributed by atoms with E-state index < -0.39 is 29.6 Å². The van der Waals surface area contributed by atoms with Gasteiger partial charge in [-0.25, -0.2) is 4.79 Å². The average Bonchev–Trinajstić information content (AvgIpc) is 3.56. The molecule has 0 aliphatic carbocycles. The molecule has 0 bridgehead atoms. The van der Waals surface area contributed by atoms with E-state index in [9.17, 15) is 19.2 Å². The van der Waals surface area contributed by atoms with Gasteiger partial charge in [0, 0.05) is 28.8 Å². The second-order valence-electron chi connectivity index (χ2n) is 8.58. The highest BCUT2D eigenvalue weighted by Gasteiger charge is 2.36. The van der Waals surface area contributed by atoms with Gasteiger partial charge in [0.2, 0.25) is 12.7 Å².